The number of hydrogen-bond donors (Lipinski definition) is 0. The highest BCUT2D eigenvalue weighted by Crippen LogP contribution is 2.32. The normalized spacial score (nSPS) is 15.2. The second kappa shape index (κ2) is 10.8. The monoisotopic (exact) mass is 567 g/mol. The molecule has 0 spiro atoms. The van der Waals surface area contributed by atoms with E-state index in [-0.39, 0.29) is 28.2 Å². The highest BCUT2D eigenvalue weighted by Gasteiger charge is 2.36. The molecule has 206 valence electrons. The highest BCUT2D eigenvalue weighted by molar-refractivity contribution is 7.89. The average molecular weight is 568 g/mol. The van der Waals surface area contributed by atoms with Crippen LogP contribution < -0.4 is 0 Å². The zero-order valence-corrected chi connectivity index (χ0v) is 23.3. The maximum atomic E-state index is 13.7. The van der Waals surface area contributed by atoms with E-state index in [1.54, 1.807) is 48.1 Å². The van der Waals surface area contributed by atoms with Gasteiger partial charge in [0.1, 0.15) is 23.1 Å². The number of carbonyl (C=O) groups excluding carboxylic acids is 2. The van der Waals surface area contributed by atoms with Gasteiger partial charge in [0.15, 0.2) is 0 Å². The molecule has 2 aromatic carbocycles. The van der Waals surface area contributed by atoms with Crippen molar-refractivity contribution in [1.29, 1.82) is 5.26 Å². The van der Waals surface area contributed by atoms with Crippen molar-refractivity contribution < 1.29 is 22.4 Å². The Kier molecular flexibility index (Phi) is 7.28. The number of imide groups is 1. The van der Waals surface area contributed by atoms with Crippen LogP contribution in [0, 0.1) is 11.3 Å². The number of para-hydroxylation sites is 1. The van der Waals surface area contributed by atoms with Gasteiger partial charge in [-0.15, -0.1) is 0 Å². The minimum absolute atomic E-state index is 0.0830. The van der Waals surface area contributed by atoms with Gasteiger partial charge in [0.25, 0.3) is 11.8 Å². The number of amides is 2. The molecule has 2 amide bonds. The quantitative estimate of drug-likeness (QED) is 0.242. The van der Waals surface area contributed by atoms with Crippen LogP contribution in [0.5, 0.6) is 0 Å². The van der Waals surface area contributed by atoms with E-state index in [1.807, 2.05) is 36.4 Å². The molecule has 4 aromatic rings. The molecule has 0 saturated carbocycles. The van der Waals surface area contributed by atoms with Crippen LogP contribution in [0.1, 0.15) is 18.2 Å². The maximum Gasteiger partial charge on any atom is 0.272 e. The Labute approximate surface area is 237 Å². The van der Waals surface area contributed by atoms with E-state index in [1.165, 1.54) is 32.5 Å². The summed E-state index contributed by atoms with van der Waals surface area (Å²) in [6.45, 7) is 1.41. The summed E-state index contributed by atoms with van der Waals surface area (Å²) < 4.78 is 33.8. The number of benzene rings is 2. The van der Waals surface area contributed by atoms with E-state index in [4.69, 9.17) is 9.52 Å². The first kappa shape index (κ1) is 27.5. The van der Waals surface area contributed by atoms with Crippen molar-refractivity contribution in [3.05, 3.63) is 107 Å². The second-order valence-corrected chi connectivity index (χ2v) is 11.6. The third kappa shape index (κ3) is 5.14. The molecule has 10 nitrogen and oxygen atoms in total. The lowest BCUT2D eigenvalue weighted by Gasteiger charge is -2.26. The molecule has 0 saturated heterocycles. The van der Waals surface area contributed by atoms with Crippen molar-refractivity contribution >= 4 is 27.9 Å². The molecule has 11 heteroatoms. The first-order valence-corrected chi connectivity index (χ1v) is 14.0. The Morgan fingerprint density at radius 3 is 2.44 bits per heavy atom. The molecule has 0 bridgehead atoms. The molecule has 0 aliphatic carbocycles. The zero-order valence-electron chi connectivity index (χ0n) is 22.5. The first-order chi connectivity index (χ1) is 19.6. The van der Waals surface area contributed by atoms with E-state index >= 15 is 0 Å². The Morgan fingerprint density at radius 1 is 1.02 bits per heavy atom. The number of sulfonamides is 1. The molecule has 5 rings (SSSR count). The lowest BCUT2D eigenvalue weighted by atomic mass is 9.93. The van der Waals surface area contributed by atoms with Crippen LogP contribution in [-0.4, -0.2) is 53.3 Å². The topological polar surface area (TPSA) is 130 Å². The predicted molar refractivity (Wildman–Crippen MR) is 150 cm³/mol. The average Bonchev–Trinajstić information content (AvgIpc) is 3.64. The predicted octanol–water partition coefficient (Wildman–Crippen LogP) is 4.18. The third-order valence-corrected chi connectivity index (χ3v) is 8.48. The molecule has 41 heavy (non-hydrogen) atoms. The summed E-state index contributed by atoms with van der Waals surface area (Å²) in [5, 5.41) is 14.5. The van der Waals surface area contributed by atoms with Gasteiger partial charge in [-0.1, -0.05) is 30.3 Å². The van der Waals surface area contributed by atoms with E-state index in [0.717, 1.165) is 14.9 Å². The van der Waals surface area contributed by atoms with Gasteiger partial charge in [-0.05, 0) is 55.0 Å². The Hall–Kier alpha value is -5.05. The summed E-state index contributed by atoms with van der Waals surface area (Å²) in [5.74, 6) is -0.907. The lowest BCUT2D eigenvalue weighted by molar-refractivity contribution is -0.141. The van der Waals surface area contributed by atoms with Crippen molar-refractivity contribution in [3.8, 4) is 23.0 Å². The molecule has 3 heterocycles. The van der Waals surface area contributed by atoms with Gasteiger partial charge in [-0.25, -0.2) is 17.4 Å². The fourth-order valence-electron chi connectivity index (χ4n) is 4.43. The largest absolute Gasteiger partial charge is 0.467 e. The molecular formula is C30H25N5O5S. The van der Waals surface area contributed by atoms with Gasteiger partial charge < -0.3 is 4.42 Å². The minimum Gasteiger partial charge on any atom is -0.467 e. The van der Waals surface area contributed by atoms with Gasteiger partial charge in [0.2, 0.25) is 10.0 Å². The summed E-state index contributed by atoms with van der Waals surface area (Å²) in [6.07, 6.45) is 4.72. The standard InChI is InChI=1S/C30H25N5O5S/c1-20-26(29(36)34(30(37)27(20)17-31)19-24-12-8-14-40-24)16-22-18-35(23-10-5-4-6-11-23)32-28(22)21-9-7-13-25(15-21)41(38,39)33(2)3/h4-16,18H,19H2,1-3H3/b26-16+. The summed E-state index contributed by atoms with van der Waals surface area (Å²) >= 11 is 0. The SMILES string of the molecule is CC1=C(C#N)C(=O)N(Cc2ccco2)C(=O)/C1=C/c1cn(-c2ccccc2)nc1-c1cccc(S(=O)(=O)N(C)C)c1. The van der Waals surface area contributed by atoms with E-state index in [2.05, 4.69) is 0 Å². The molecule has 0 fully saturated rings. The summed E-state index contributed by atoms with van der Waals surface area (Å²) in [5.41, 5.74) is 2.36. The van der Waals surface area contributed by atoms with E-state index in [9.17, 15) is 23.3 Å². The number of carbonyl (C=O) groups is 2. The second-order valence-electron chi connectivity index (χ2n) is 9.47. The molecule has 0 unspecified atom stereocenters. The Bertz CT molecular complexity index is 1860. The van der Waals surface area contributed by atoms with Crippen LogP contribution in [0.15, 0.2) is 105 Å². The van der Waals surface area contributed by atoms with Crippen LogP contribution >= 0.6 is 0 Å². The molecule has 1 aliphatic heterocycles. The third-order valence-electron chi connectivity index (χ3n) is 6.67. The minimum atomic E-state index is -3.73. The highest BCUT2D eigenvalue weighted by atomic mass is 32.2. The fourth-order valence-corrected chi connectivity index (χ4v) is 5.38. The van der Waals surface area contributed by atoms with Gasteiger partial charge in [-0.3, -0.25) is 14.5 Å². The summed E-state index contributed by atoms with van der Waals surface area (Å²) in [7, 11) is -0.821. The summed E-state index contributed by atoms with van der Waals surface area (Å²) in [4.78, 5) is 27.8. The number of furan rings is 1. The van der Waals surface area contributed by atoms with Gasteiger partial charge in [0.05, 0.1) is 23.4 Å². The fraction of sp³-hybridized carbons (Fsp3) is 0.133. The molecule has 0 N–H and O–H groups in total. The number of hydrogen-bond acceptors (Lipinski definition) is 7. The number of nitriles is 1. The molecule has 0 radical (unpaired) electrons. The summed E-state index contributed by atoms with van der Waals surface area (Å²) in [6, 6.07) is 20.9. The van der Waals surface area contributed by atoms with Gasteiger partial charge in [-0.2, -0.15) is 10.4 Å². The van der Waals surface area contributed by atoms with Crippen molar-refractivity contribution in [1.82, 2.24) is 19.0 Å². The molecule has 1 aliphatic rings. The van der Waals surface area contributed by atoms with Crippen molar-refractivity contribution in [2.75, 3.05) is 14.1 Å². The first-order valence-electron chi connectivity index (χ1n) is 12.5. The van der Waals surface area contributed by atoms with E-state index in [0.29, 0.717) is 22.6 Å². The Morgan fingerprint density at radius 2 is 1.78 bits per heavy atom. The Balaban J connectivity index is 1.69. The van der Waals surface area contributed by atoms with Gasteiger partial charge >= 0.3 is 0 Å². The molecule has 2 aromatic heterocycles. The van der Waals surface area contributed by atoms with Crippen molar-refractivity contribution in [2.45, 2.75) is 18.4 Å². The van der Waals surface area contributed by atoms with Crippen LogP contribution in [0.3, 0.4) is 0 Å². The van der Waals surface area contributed by atoms with Crippen LogP contribution in [0.25, 0.3) is 23.0 Å². The van der Waals surface area contributed by atoms with Crippen molar-refractivity contribution in [2.24, 2.45) is 0 Å². The zero-order chi connectivity index (χ0) is 29.3. The maximum absolute atomic E-state index is 13.7. The van der Waals surface area contributed by atoms with Gasteiger partial charge in [0, 0.05) is 37.0 Å². The lowest BCUT2D eigenvalue weighted by Crippen LogP contribution is -2.42. The van der Waals surface area contributed by atoms with Crippen LogP contribution in [0.4, 0.5) is 0 Å². The van der Waals surface area contributed by atoms with E-state index < -0.39 is 21.8 Å². The van der Waals surface area contributed by atoms with Crippen LogP contribution in [-0.2, 0) is 26.2 Å². The number of nitrogens with zero attached hydrogens (tertiary/aromatic N) is 5. The van der Waals surface area contributed by atoms with Crippen LogP contribution in [0.2, 0.25) is 0 Å². The van der Waals surface area contributed by atoms with Crippen molar-refractivity contribution in [3.63, 3.8) is 0 Å². The number of aromatic nitrogens is 2. The smallest absolute Gasteiger partial charge is 0.272 e. The molecular weight excluding hydrogens is 542 g/mol. The number of rotatable bonds is 7. The molecule has 0 atom stereocenters.